The normalized spacial score (nSPS) is 11.6. The molecule has 0 fully saturated rings. The lowest BCUT2D eigenvalue weighted by molar-refractivity contribution is 0.399. The van der Waals surface area contributed by atoms with Crippen LogP contribution in [0.25, 0.3) is 0 Å². The Balaban J connectivity index is 3.30. The summed E-state index contributed by atoms with van der Waals surface area (Å²) in [6.07, 6.45) is 12.8. The molecule has 0 atom stereocenters. The SMILES string of the molecule is CCC(CC)CCCCCC(CC)CC. The highest BCUT2D eigenvalue weighted by Crippen LogP contribution is 2.20. The third-order valence-electron chi connectivity index (χ3n) is 4.03. The molecule has 92 valence electrons. The van der Waals surface area contributed by atoms with Crippen LogP contribution in [0.5, 0.6) is 0 Å². The van der Waals surface area contributed by atoms with E-state index in [1.807, 2.05) is 0 Å². The summed E-state index contributed by atoms with van der Waals surface area (Å²) in [5.74, 6) is 2.00. The van der Waals surface area contributed by atoms with E-state index >= 15 is 0 Å². The predicted octanol–water partition coefficient (Wildman–Crippen LogP) is 5.81. The molecule has 0 aliphatic carbocycles. The Morgan fingerprint density at radius 1 is 0.533 bits per heavy atom. The summed E-state index contributed by atoms with van der Waals surface area (Å²) in [6.45, 7) is 9.33. The Labute approximate surface area is 97.8 Å². The van der Waals surface area contributed by atoms with Crippen molar-refractivity contribution in [2.75, 3.05) is 0 Å². The summed E-state index contributed by atoms with van der Waals surface area (Å²) in [6, 6.07) is 0. The van der Waals surface area contributed by atoms with Crippen molar-refractivity contribution in [3.05, 3.63) is 0 Å². The van der Waals surface area contributed by atoms with Gasteiger partial charge in [0.1, 0.15) is 0 Å². The largest absolute Gasteiger partial charge is 0.0651 e. The molecule has 0 aliphatic heterocycles. The minimum absolute atomic E-state index is 0.998. The van der Waals surface area contributed by atoms with Crippen LogP contribution in [0, 0.1) is 11.8 Å². The van der Waals surface area contributed by atoms with Gasteiger partial charge in [-0.25, -0.2) is 0 Å². The van der Waals surface area contributed by atoms with Crippen molar-refractivity contribution >= 4 is 0 Å². The molecule has 15 heavy (non-hydrogen) atoms. The van der Waals surface area contributed by atoms with E-state index in [9.17, 15) is 0 Å². The molecule has 0 nitrogen and oxygen atoms in total. The lowest BCUT2D eigenvalue weighted by Crippen LogP contribution is -1.98. The zero-order chi connectivity index (χ0) is 11.5. The molecule has 0 aromatic heterocycles. The fraction of sp³-hybridized carbons (Fsp3) is 1.00. The maximum absolute atomic E-state index is 2.33. The fourth-order valence-electron chi connectivity index (χ4n) is 2.44. The van der Waals surface area contributed by atoms with Crippen molar-refractivity contribution in [1.82, 2.24) is 0 Å². The number of unbranched alkanes of at least 4 members (excludes halogenated alkanes) is 2. The van der Waals surface area contributed by atoms with Crippen LogP contribution >= 0.6 is 0 Å². The van der Waals surface area contributed by atoms with Gasteiger partial charge in [-0.1, -0.05) is 85.5 Å². The second-order valence-corrected chi connectivity index (χ2v) is 5.00. The number of rotatable bonds is 10. The van der Waals surface area contributed by atoms with Crippen LogP contribution in [-0.2, 0) is 0 Å². The van der Waals surface area contributed by atoms with Gasteiger partial charge in [-0.05, 0) is 11.8 Å². The summed E-state index contributed by atoms with van der Waals surface area (Å²) in [5, 5.41) is 0. The van der Waals surface area contributed by atoms with Crippen LogP contribution in [-0.4, -0.2) is 0 Å². The summed E-state index contributed by atoms with van der Waals surface area (Å²) in [5.41, 5.74) is 0. The first-order valence-electron chi connectivity index (χ1n) is 7.28. The van der Waals surface area contributed by atoms with Gasteiger partial charge in [-0.2, -0.15) is 0 Å². The van der Waals surface area contributed by atoms with Crippen LogP contribution < -0.4 is 0 Å². The molecule has 0 spiro atoms. The Morgan fingerprint density at radius 3 is 1.13 bits per heavy atom. The molecule has 0 aromatic carbocycles. The molecule has 0 aromatic rings. The van der Waals surface area contributed by atoms with E-state index in [-0.39, 0.29) is 0 Å². The topological polar surface area (TPSA) is 0 Å². The van der Waals surface area contributed by atoms with E-state index in [0.717, 1.165) is 11.8 Å². The molecule has 0 saturated heterocycles. The zero-order valence-electron chi connectivity index (χ0n) is 11.5. The van der Waals surface area contributed by atoms with Gasteiger partial charge in [0.2, 0.25) is 0 Å². The van der Waals surface area contributed by atoms with Gasteiger partial charge in [0, 0.05) is 0 Å². The lowest BCUT2D eigenvalue weighted by Gasteiger charge is -2.13. The van der Waals surface area contributed by atoms with Gasteiger partial charge in [-0.3, -0.25) is 0 Å². The van der Waals surface area contributed by atoms with Gasteiger partial charge in [0.25, 0.3) is 0 Å². The van der Waals surface area contributed by atoms with Crippen molar-refractivity contribution in [3.8, 4) is 0 Å². The van der Waals surface area contributed by atoms with Crippen LogP contribution in [0.1, 0.15) is 85.5 Å². The van der Waals surface area contributed by atoms with E-state index < -0.39 is 0 Å². The van der Waals surface area contributed by atoms with Gasteiger partial charge in [-0.15, -0.1) is 0 Å². The van der Waals surface area contributed by atoms with Gasteiger partial charge in [0.05, 0.1) is 0 Å². The maximum Gasteiger partial charge on any atom is -0.0420 e. The quantitative estimate of drug-likeness (QED) is 0.401. The van der Waals surface area contributed by atoms with Gasteiger partial charge >= 0.3 is 0 Å². The average molecular weight is 212 g/mol. The second kappa shape index (κ2) is 10.5. The van der Waals surface area contributed by atoms with E-state index in [0.29, 0.717) is 0 Å². The summed E-state index contributed by atoms with van der Waals surface area (Å²) >= 11 is 0. The maximum atomic E-state index is 2.33. The Morgan fingerprint density at radius 2 is 0.867 bits per heavy atom. The average Bonchev–Trinajstić information content (AvgIpc) is 2.29. The molecule has 0 bridgehead atoms. The highest BCUT2D eigenvalue weighted by Gasteiger charge is 2.04. The smallest absolute Gasteiger partial charge is 0.0420 e. The van der Waals surface area contributed by atoms with E-state index in [4.69, 9.17) is 0 Å². The highest BCUT2D eigenvalue weighted by atomic mass is 14.1. The molecular formula is C15H32. The highest BCUT2D eigenvalue weighted by molar-refractivity contribution is 4.58. The lowest BCUT2D eigenvalue weighted by atomic mass is 9.93. The first kappa shape index (κ1) is 15.0. The van der Waals surface area contributed by atoms with E-state index in [1.54, 1.807) is 0 Å². The zero-order valence-corrected chi connectivity index (χ0v) is 11.5. The molecule has 0 N–H and O–H groups in total. The molecule has 0 heterocycles. The minimum Gasteiger partial charge on any atom is -0.0651 e. The van der Waals surface area contributed by atoms with Crippen molar-refractivity contribution in [1.29, 1.82) is 0 Å². The minimum atomic E-state index is 0.998. The number of hydrogen-bond acceptors (Lipinski definition) is 0. The van der Waals surface area contributed by atoms with Crippen LogP contribution in [0.3, 0.4) is 0 Å². The standard InChI is InChI=1S/C15H32/c1-5-14(6-2)12-10-9-11-13-15(7-3)8-4/h14-15H,5-13H2,1-4H3. The first-order valence-corrected chi connectivity index (χ1v) is 7.28. The third-order valence-corrected chi connectivity index (χ3v) is 4.03. The van der Waals surface area contributed by atoms with Crippen molar-refractivity contribution in [2.24, 2.45) is 11.8 Å². The summed E-state index contributed by atoms with van der Waals surface area (Å²) in [7, 11) is 0. The van der Waals surface area contributed by atoms with E-state index in [2.05, 4.69) is 27.7 Å². The molecule has 0 aliphatic rings. The molecule has 0 rings (SSSR count). The molecule has 0 amide bonds. The van der Waals surface area contributed by atoms with Crippen LogP contribution in [0.4, 0.5) is 0 Å². The van der Waals surface area contributed by atoms with Crippen molar-refractivity contribution in [3.63, 3.8) is 0 Å². The van der Waals surface area contributed by atoms with Crippen molar-refractivity contribution < 1.29 is 0 Å². The molecule has 0 heteroatoms. The predicted molar refractivity (Wildman–Crippen MR) is 71.2 cm³/mol. The van der Waals surface area contributed by atoms with Gasteiger partial charge < -0.3 is 0 Å². The van der Waals surface area contributed by atoms with Crippen LogP contribution in [0.15, 0.2) is 0 Å². The molecular weight excluding hydrogens is 180 g/mol. The summed E-state index contributed by atoms with van der Waals surface area (Å²) in [4.78, 5) is 0. The third kappa shape index (κ3) is 7.88. The Bertz CT molecular complexity index is 95.2. The summed E-state index contributed by atoms with van der Waals surface area (Å²) < 4.78 is 0. The Kier molecular flexibility index (Phi) is 10.5. The van der Waals surface area contributed by atoms with Gasteiger partial charge in [0.15, 0.2) is 0 Å². The monoisotopic (exact) mass is 212 g/mol. The molecule has 0 saturated carbocycles. The molecule has 0 unspecified atom stereocenters. The molecule has 0 radical (unpaired) electrons. The van der Waals surface area contributed by atoms with Crippen molar-refractivity contribution in [2.45, 2.75) is 85.5 Å². The second-order valence-electron chi connectivity index (χ2n) is 5.00. The van der Waals surface area contributed by atoms with Crippen LogP contribution in [0.2, 0.25) is 0 Å². The number of hydrogen-bond donors (Lipinski definition) is 0. The Hall–Kier alpha value is 0. The fourth-order valence-corrected chi connectivity index (χ4v) is 2.44. The van der Waals surface area contributed by atoms with E-state index in [1.165, 1.54) is 57.8 Å². The first-order chi connectivity index (χ1) is 7.28.